The van der Waals surface area contributed by atoms with Gasteiger partial charge in [0.1, 0.15) is 0 Å². The minimum absolute atomic E-state index is 0.859. The molecule has 102 valence electrons. The quantitative estimate of drug-likeness (QED) is 0.540. The van der Waals surface area contributed by atoms with Gasteiger partial charge in [-0.15, -0.1) is 0 Å². The third kappa shape index (κ3) is 3.73. The molecule has 0 heteroatoms. The van der Waals surface area contributed by atoms with Gasteiger partial charge in [-0.1, -0.05) is 63.3 Å². The zero-order chi connectivity index (χ0) is 12.8. The van der Waals surface area contributed by atoms with Crippen molar-refractivity contribution in [3.63, 3.8) is 0 Å². The summed E-state index contributed by atoms with van der Waals surface area (Å²) in [6.07, 6.45) is 19.9. The molecule has 0 aromatic carbocycles. The molecule has 0 spiro atoms. The van der Waals surface area contributed by atoms with Crippen LogP contribution in [0.4, 0.5) is 0 Å². The molecule has 0 bridgehead atoms. The summed E-state index contributed by atoms with van der Waals surface area (Å²) >= 11 is 0. The average molecular weight is 246 g/mol. The van der Waals surface area contributed by atoms with Crippen LogP contribution in [-0.2, 0) is 0 Å². The van der Waals surface area contributed by atoms with Gasteiger partial charge in [-0.25, -0.2) is 0 Å². The average Bonchev–Trinajstić information content (AvgIpc) is 2.72. The van der Waals surface area contributed by atoms with E-state index >= 15 is 0 Å². The van der Waals surface area contributed by atoms with E-state index in [4.69, 9.17) is 0 Å². The second-order valence-corrected chi connectivity index (χ2v) is 6.57. The lowest BCUT2D eigenvalue weighted by Gasteiger charge is -2.24. The van der Waals surface area contributed by atoms with Crippen molar-refractivity contribution in [3.05, 3.63) is 23.8 Å². The van der Waals surface area contributed by atoms with E-state index in [0.29, 0.717) is 0 Å². The topological polar surface area (TPSA) is 0 Å². The van der Waals surface area contributed by atoms with Gasteiger partial charge in [0.05, 0.1) is 0 Å². The lowest BCUT2D eigenvalue weighted by Crippen LogP contribution is -2.15. The van der Waals surface area contributed by atoms with Crippen LogP contribution in [-0.4, -0.2) is 0 Å². The molecule has 2 atom stereocenters. The normalized spacial score (nSPS) is 30.5. The number of rotatable bonds is 1. The maximum atomic E-state index is 2.45. The highest BCUT2D eigenvalue weighted by Crippen LogP contribution is 2.43. The SMILES string of the molecule is CC(C)C1CCC2=CC=CCCCCCCCC21. The molecule has 0 amide bonds. The van der Waals surface area contributed by atoms with E-state index in [0.717, 1.165) is 17.8 Å². The van der Waals surface area contributed by atoms with Crippen molar-refractivity contribution < 1.29 is 0 Å². The van der Waals surface area contributed by atoms with E-state index in [1.54, 1.807) is 5.57 Å². The van der Waals surface area contributed by atoms with Gasteiger partial charge in [0.2, 0.25) is 0 Å². The highest BCUT2D eigenvalue weighted by molar-refractivity contribution is 5.20. The Balaban J connectivity index is 2.06. The fraction of sp³-hybridized carbons (Fsp3) is 0.778. The second-order valence-electron chi connectivity index (χ2n) is 6.57. The second kappa shape index (κ2) is 7.16. The summed E-state index contributed by atoms with van der Waals surface area (Å²) in [4.78, 5) is 0. The Morgan fingerprint density at radius 1 is 1.00 bits per heavy atom. The van der Waals surface area contributed by atoms with Gasteiger partial charge in [0.15, 0.2) is 0 Å². The molecule has 0 aliphatic heterocycles. The molecular weight excluding hydrogens is 216 g/mol. The van der Waals surface area contributed by atoms with Crippen LogP contribution in [0, 0.1) is 17.8 Å². The molecule has 0 radical (unpaired) electrons. The number of allylic oxidation sites excluding steroid dienone is 4. The Hall–Kier alpha value is -0.520. The number of fused-ring (bicyclic) bond motifs is 1. The minimum Gasteiger partial charge on any atom is -0.0845 e. The predicted octanol–water partition coefficient (Wildman–Crippen LogP) is 5.90. The van der Waals surface area contributed by atoms with E-state index in [1.165, 1.54) is 57.8 Å². The fourth-order valence-corrected chi connectivity index (χ4v) is 3.84. The maximum Gasteiger partial charge on any atom is -0.0169 e. The van der Waals surface area contributed by atoms with Gasteiger partial charge in [-0.3, -0.25) is 0 Å². The molecule has 0 heterocycles. The van der Waals surface area contributed by atoms with Gasteiger partial charge in [-0.05, 0) is 49.9 Å². The summed E-state index contributed by atoms with van der Waals surface area (Å²) in [5.74, 6) is 2.71. The Kier molecular flexibility index (Phi) is 5.53. The first-order chi connectivity index (χ1) is 8.79. The van der Waals surface area contributed by atoms with Gasteiger partial charge >= 0.3 is 0 Å². The van der Waals surface area contributed by atoms with Crippen molar-refractivity contribution in [1.29, 1.82) is 0 Å². The number of hydrogen-bond donors (Lipinski definition) is 0. The van der Waals surface area contributed by atoms with Crippen molar-refractivity contribution in [3.8, 4) is 0 Å². The molecule has 0 nitrogen and oxygen atoms in total. The zero-order valence-electron chi connectivity index (χ0n) is 12.3. The van der Waals surface area contributed by atoms with Crippen molar-refractivity contribution >= 4 is 0 Å². The molecule has 18 heavy (non-hydrogen) atoms. The third-order valence-corrected chi connectivity index (χ3v) is 4.95. The maximum absolute atomic E-state index is 2.45. The first-order valence-electron chi connectivity index (χ1n) is 8.14. The van der Waals surface area contributed by atoms with Gasteiger partial charge in [-0.2, -0.15) is 0 Å². The van der Waals surface area contributed by atoms with Crippen molar-refractivity contribution in [1.82, 2.24) is 0 Å². The highest BCUT2D eigenvalue weighted by atomic mass is 14.4. The standard InChI is InChI=1S/C18H30/c1-15(2)17-14-13-16-11-9-7-5-3-4-6-8-10-12-18(16)17/h7,9,11,15,17-18H,3-6,8,10,12-14H2,1-2H3. The Morgan fingerprint density at radius 3 is 2.61 bits per heavy atom. The number of hydrogen-bond acceptors (Lipinski definition) is 0. The third-order valence-electron chi connectivity index (χ3n) is 4.95. The van der Waals surface area contributed by atoms with Crippen LogP contribution in [0.15, 0.2) is 23.8 Å². The minimum atomic E-state index is 0.859. The van der Waals surface area contributed by atoms with Crippen LogP contribution in [0.2, 0.25) is 0 Å². The predicted molar refractivity (Wildman–Crippen MR) is 80.6 cm³/mol. The Labute approximate surface area is 114 Å². The van der Waals surface area contributed by atoms with Crippen molar-refractivity contribution in [2.75, 3.05) is 0 Å². The molecule has 2 aliphatic rings. The molecule has 1 fully saturated rings. The van der Waals surface area contributed by atoms with Gasteiger partial charge in [0, 0.05) is 0 Å². The smallest absolute Gasteiger partial charge is 0.0169 e. The Bertz CT molecular complexity index is 295. The molecule has 2 aliphatic carbocycles. The largest absolute Gasteiger partial charge is 0.0845 e. The van der Waals surface area contributed by atoms with Crippen LogP contribution in [0.5, 0.6) is 0 Å². The van der Waals surface area contributed by atoms with Crippen LogP contribution < -0.4 is 0 Å². The van der Waals surface area contributed by atoms with E-state index in [2.05, 4.69) is 32.1 Å². The van der Waals surface area contributed by atoms with Crippen LogP contribution in [0.3, 0.4) is 0 Å². The van der Waals surface area contributed by atoms with Crippen LogP contribution in [0.25, 0.3) is 0 Å². The molecule has 0 aromatic rings. The summed E-state index contributed by atoms with van der Waals surface area (Å²) < 4.78 is 0. The van der Waals surface area contributed by atoms with Gasteiger partial charge in [0.25, 0.3) is 0 Å². The van der Waals surface area contributed by atoms with E-state index < -0.39 is 0 Å². The van der Waals surface area contributed by atoms with Crippen molar-refractivity contribution in [2.24, 2.45) is 17.8 Å². The highest BCUT2D eigenvalue weighted by Gasteiger charge is 2.32. The zero-order valence-corrected chi connectivity index (χ0v) is 12.3. The lowest BCUT2D eigenvalue weighted by atomic mass is 9.81. The monoisotopic (exact) mass is 246 g/mol. The molecule has 2 rings (SSSR count). The first kappa shape index (κ1) is 13.9. The molecule has 0 aromatic heterocycles. The summed E-state index contributed by atoms with van der Waals surface area (Å²) in [6.45, 7) is 4.83. The molecule has 0 N–H and O–H groups in total. The summed E-state index contributed by atoms with van der Waals surface area (Å²) in [5.41, 5.74) is 1.76. The van der Waals surface area contributed by atoms with E-state index in [1.807, 2.05) is 0 Å². The molecule has 2 unspecified atom stereocenters. The summed E-state index contributed by atoms with van der Waals surface area (Å²) in [5, 5.41) is 0. The molecule has 0 saturated heterocycles. The molecular formula is C18H30. The summed E-state index contributed by atoms with van der Waals surface area (Å²) in [6, 6.07) is 0. The van der Waals surface area contributed by atoms with E-state index in [-0.39, 0.29) is 0 Å². The van der Waals surface area contributed by atoms with Gasteiger partial charge < -0.3 is 0 Å². The lowest BCUT2D eigenvalue weighted by molar-refractivity contribution is 0.296. The first-order valence-corrected chi connectivity index (χ1v) is 8.14. The fourth-order valence-electron chi connectivity index (χ4n) is 3.84. The van der Waals surface area contributed by atoms with Crippen LogP contribution >= 0.6 is 0 Å². The molecule has 1 saturated carbocycles. The Morgan fingerprint density at radius 2 is 1.78 bits per heavy atom. The van der Waals surface area contributed by atoms with E-state index in [9.17, 15) is 0 Å². The summed E-state index contributed by atoms with van der Waals surface area (Å²) in [7, 11) is 0. The van der Waals surface area contributed by atoms with Crippen LogP contribution in [0.1, 0.15) is 71.6 Å². The van der Waals surface area contributed by atoms with Crippen molar-refractivity contribution in [2.45, 2.75) is 71.6 Å².